The van der Waals surface area contributed by atoms with Gasteiger partial charge in [-0.15, -0.1) is 0 Å². The van der Waals surface area contributed by atoms with E-state index in [9.17, 15) is 4.79 Å². The van der Waals surface area contributed by atoms with E-state index in [0.717, 1.165) is 24.2 Å². The summed E-state index contributed by atoms with van der Waals surface area (Å²) < 4.78 is 7.07. The minimum atomic E-state index is -0.484. The Morgan fingerprint density at radius 3 is 2.96 bits per heavy atom. The van der Waals surface area contributed by atoms with E-state index in [1.165, 1.54) is 0 Å². The first kappa shape index (κ1) is 16.1. The first-order chi connectivity index (χ1) is 10.8. The van der Waals surface area contributed by atoms with Crippen molar-refractivity contribution < 1.29 is 9.53 Å². The van der Waals surface area contributed by atoms with Crippen molar-refractivity contribution in [2.24, 2.45) is 0 Å². The predicted molar refractivity (Wildman–Crippen MR) is 87.8 cm³/mol. The van der Waals surface area contributed by atoms with Gasteiger partial charge >= 0.3 is 6.09 Å². The number of hydrogen-bond acceptors (Lipinski definition) is 4. The molecule has 0 saturated carbocycles. The topological polar surface area (TPSA) is 59.7 Å². The second-order valence-electron chi connectivity index (χ2n) is 6.87. The molecule has 3 heterocycles. The Morgan fingerprint density at radius 1 is 1.43 bits per heavy atom. The van der Waals surface area contributed by atoms with Gasteiger partial charge in [-0.2, -0.15) is 5.10 Å². The van der Waals surface area contributed by atoms with Crippen molar-refractivity contribution in [3.05, 3.63) is 29.2 Å². The van der Waals surface area contributed by atoms with Gasteiger partial charge < -0.3 is 9.64 Å². The second-order valence-corrected chi connectivity index (χ2v) is 7.26. The molecule has 1 amide bonds. The lowest BCUT2D eigenvalue weighted by Crippen LogP contribution is -2.42. The van der Waals surface area contributed by atoms with Crippen molar-refractivity contribution in [1.29, 1.82) is 0 Å². The van der Waals surface area contributed by atoms with E-state index in [4.69, 9.17) is 16.3 Å². The lowest BCUT2D eigenvalue weighted by atomic mass is 9.95. The molecule has 2 aromatic heterocycles. The standard InChI is InChI=1S/C16H21ClN4O2/c1-16(2,3)23-15(22)20-8-4-5-11(10-20)12-9-13(17)21-14(19-12)6-7-18-21/h6-7,9,11H,4-5,8,10H2,1-3H3/t11-/m0/s1. The summed E-state index contributed by atoms with van der Waals surface area (Å²) in [6.07, 6.45) is 3.31. The number of halogens is 1. The Bertz CT molecular complexity index is 722. The molecular formula is C16H21ClN4O2. The Kier molecular flexibility index (Phi) is 4.19. The summed E-state index contributed by atoms with van der Waals surface area (Å²) >= 11 is 6.26. The van der Waals surface area contributed by atoms with Crippen molar-refractivity contribution in [2.75, 3.05) is 13.1 Å². The number of rotatable bonds is 1. The number of piperidine rings is 1. The fraction of sp³-hybridized carbons (Fsp3) is 0.562. The van der Waals surface area contributed by atoms with Gasteiger partial charge in [0.05, 0.1) is 11.9 Å². The summed E-state index contributed by atoms with van der Waals surface area (Å²) in [4.78, 5) is 18.7. The molecule has 2 aromatic rings. The Labute approximate surface area is 140 Å². The van der Waals surface area contributed by atoms with Gasteiger partial charge in [0.25, 0.3) is 0 Å². The van der Waals surface area contributed by atoms with Gasteiger partial charge in [0, 0.05) is 25.1 Å². The molecule has 23 heavy (non-hydrogen) atoms. The maximum absolute atomic E-state index is 12.3. The van der Waals surface area contributed by atoms with Crippen molar-refractivity contribution >= 4 is 23.3 Å². The Balaban J connectivity index is 1.78. The minimum Gasteiger partial charge on any atom is -0.444 e. The second kappa shape index (κ2) is 6.00. The molecule has 0 N–H and O–H groups in total. The molecule has 0 aromatic carbocycles. The first-order valence-corrected chi connectivity index (χ1v) is 8.19. The highest BCUT2D eigenvalue weighted by Crippen LogP contribution is 2.28. The van der Waals surface area contributed by atoms with Crippen LogP contribution in [-0.4, -0.2) is 44.3 Å². The van der Waals surface area contributed by atoms with Crippen LogP contribution in [0.25, 0.3) is 5.65 Å². The van der Waals surface area contributed by atoms with Crippen LogP contribution in [0.5, 0.6) is 0 Å². The van der Waals surface area contributed by atoms with Crippen LogP contribution in [0.2, 0.25) is 5.15 Å². The zero-order valence-electron chi connectivity index (χ0n) is 13.6. The number of hydrogen-bond donors (Lipinski definition) is 0. The molecule has 0 bridgehead atoms. The molecular weight excluding hydrogens is 316 g/mol. The summed E-state index contributed by atoms with van der Waals surface area (Å²) in [6.45, 7) is 6.94. The number of likely N-dealkylation sites (tertiary alicyclic amines) is 1. The molecule has 1 atom stereocenters. The number of nitrogens with zero attached hydrogens (tertiary/aromatic N) is 4. The van der Waals surface area contributed by atoms with E-state index in [2.05, 4.69) is 10.1 Å². The summed E-state index contributed by atoms with van der Waals surface area (Å²) in [6, 6.07) is 3.66. The SMILES string of the molecule is CC(C)(C)OC(=O)N1CCC[C@H](c2cc(Cl)n3nccc3n2)C1. The molecule has 0 radical (unpaired) electrons. The van der Waals surface area contributed by atoms with E-state index in [-0.39, 0.29) is 12.0 Å². The van der Waals surface area contributed by atoms with Gasteiger partial charge in [0.1, 0.15) is 10.8 Å². The molecule has 6 nitrogen and oxygen atoms in total. The third-order valence-electron chi connectivity index (χ3n) is 3.83. The maximum atomic E-state index is 12.3. The molecule has 1 aliphatic heterocycles. The van der Waals surface area contributed by atoms with Gasteiger partial charge in [0.15, 0.2) is 5.65 Å². The van der Waals surface area contributed by atoms with Crippen molar-refractivity contribution in [2.45, 2.75) is 45.1 Å². The monoisotopic (exact) mass is 336 g/mol. The molecule has 0 aliphatic carbocycles. The number of amides is 1. The van der Waals surface area contributed by atoms with Gasteiger partial charge in [0.2, 0.25) is 0 Å². The maximum Gasteiger partial charge on any atom is 0.410 e. The normalized spacial score (nSPS) is 19.1. The Hall–Kier alpha value is -1.82. The number of aromatic nitrogens is 3. The van der Waals surface area contributed by atoms with Crippen LogP contribution in [0.15, 0.2) is 18.3 Å². The number of ether oxygens (including phenoxy) is 1. The fourth-order valence-electron chi connectivity index (χ4n) is 2.81. The highest BCUT2D eigenvalue weighted by molar-refractivity contribution is 6.29. The van der Waals surface area contributed by atoms with E-state index in [1.54, 1.807) is 15.6 Å². The van der Waals surface area contributed by atoms with Gasteiger partial charge in [-0.1, -0.05) is 11.6 Å². The zero-order chi connectivity index (χ0) is 16.6. The van der Waals surface area contributed by atoms with E-state index >= 15 is 0 Å². The van der Waals surface area contributed by atoms with Crippen LogP contribution in [0, 0.1) is 0 Å². The van der Waals surface area contributed by atoms with E-state index in [0.29, 0.717) is 18.2 Å². The third-order valence-corrected chi connectivity index (χ3v) is 4.10. The van der Waals surface area contributed by atoms with Gasteiger partial charge in [-0.25, -0.2) is 14.3 Å². The van der Waals surface area contributed by atoms with Crippen LogP contribution in [0.3, 0.4) is 0 Å². The molecule has 1 aliphatic rings. The molecule has 124 valence electrons. The summed E-state index contributed by atoms with van der Waals surface area (Å²) in [5.41, 5.74) is 1.14. The lowest BCUT2D eigenvalue weighted by molar-refractivity contribution is 0.0197. The Morgan fingerprint density at radius 2 is 2.22 bits per heavy atom. The third kappa shape index (κ3) is 3.58. The molecule has 0 spiro atoms. The molecule has 0 unspecified atom stereocenters. The average Bonchev–Trinajstić information content (AvgIpc) is 2.94. The van der Waals surface area contributed by atoms with Crippen LogP contribution >= 0.6 is 11.6 Å². The average molecular weight is 337 g/mol. The molecule has 3 rings (SSSR count). The summed E-state index contributed by atoms with van der Waals surface area (Å²) in [5.74, 6) is 0.161. The zero-order valence-corrected chi connectivity index (χ0v) is 14.4. The summed E-state index contributed by atoms with van der Waals surface area (Å²) in [7, 11) is 0. The van der Waals surface area contributed by atoms with Crippen molar-refractivity contribution in [3.8, 4) is 0 Å². The van der Waals surface area contributed by atoms with E-state index < -0.39 is 5.60 Å². The number of fused-ring (bicyclic) bond motifs is 1. The quantitative estimate of drug-likeness (QED) is 0.748. The first-order valence-electron chi connectivity index (χ1n) is 7.81. The van der Waals surface area contributed by atoms with Crippen molar-refractivity contribution in [1.82, 2.24) is 19.5 Å². The molecule has 1 saturated heterocycles. The smallest absolute Gasteiger partial charge is 0.410 e. The van der Waals surface area contributed by atoms with Crippen LogP contribution < -0.4 is 0 Å². The van der Waals surface area contributed by atoms with Crippen molar-refractivity contribution in [3.63, 3.8) is 0 Å². The number of carbonyl (C=O) groups is 1. The minimum absolute atomic E-state index is 0.161. The largest absolute Gasteiger partial charge is 0.444 e. The van der Waals surface area contributed by atoms with E-state index in [1.807, 2.05) is 32.9 Å². The fourth-order valence-corrected chi connectivity index (χ4v) is 3.06. The lowest BCUT2D eigenvalue weighted by Gasteiger charge is -2.34. The van der Waals surface area contributed by atoms with Crippen LogP contribution in [-0.2, 0) is 4.74 Å². The van der Waals surface area contributed by atoms with Crippen LogP contribution in [0.1, 0.15) is 45.2 Å². The number of carbonyl (C=O) groups excluding carboxylic acids is 1. The van der Waals surface area contributed by atoms with Gasteiger partial charge in [-0.3, -0.25) is 0 Å². The van der Waals surface area contributed by atoms with Gasteiger partial charge in [-0.05, 0) is 39.7 Å². The summed E-state index contributed by atoms with van der Waals surface area (Å²) in [5, 5.41) is 4.66. The highest BCUT2D eigenvalue weighted by atomic mass is 35.5. The van der Waals surface area contributed by atoms with Crippen LogP contribution in [0.4, 0.5) is 4.79 Å². The molecule has 1 fully saturated rings. The molecule has 7 heteroatoms. The highest BCUT2D eigenvalue weighted by Gasteiger charge is 2.29. The predicted octanol–water partition coefficient (Wildman–Crippen LogP) is 3.50.